The average Bonchev–Trinajstić information content (AvgIpc) is 2.39. The molecule has 0 saturated carbocycles. The second-order valence-electron chi connectivity index (χ2n) is 5.67. The Morgan fingerprint density at radius 1 is 1.44 bits per heavy atom. The van der Waals surface area contributed by atoms with Crippen LogP contribution in [0.4, 0.5) is 0 Å². The highest BCUT2D eigenvalue weighted by molar-refractivity contribution is 5.75. The first-order valence-electron chi connectivity index (χ1n) is 6.18. The number of nitrogens with one attached hydrogen (secondary N) is 1. The van der Waals surface area contributed by atoms with Crippen LogP contribution in [0, 0.1) is 5.41 Å². The number of hydrazine groups is 1. The van der Waals surface area contributed by atoms with Gasteiger partial charge in [0.05, 0.1) is 0 Å². The van der Waals surface area contributed by atoms with E-state index in [4.69, 9.17) is 5.84 Å². The maximum absolute atomic E-state index is 11.2. The van der Waals surface area contributed by atoms with Crippen molar-refractivity contribution in [2.24, 2.45) is 11.3 Å². The Hall–Kier alpha value is -0.610. The maximum atomic E-state index is 11.2. The van der Waals surface area contributed by atoms with Crippen LogP contribution in [-0.4, -0.2) is 29.9 Å². The van der Waals surface area contributed by atoms with Crippen LogP contribution in [0.15, 0.2) is 0 Å². The molecule has 0 bridgehead atoms. The topological polar surface area (TPSA) is 58.4 Å². The van der Waals surface area contributed by atoms with E-state index in [1.807, 2.05) is 0 Å². The zero-order chi connectivity index (χ0) is 12.2. The van der Waals surface area contributed by atoms with Crippen molar-refractivity contribution >= 4 is 5.91 Å². The van der Waals surface area contributed by atoms with Crippen LogP contribution >= 0.6 is 0 Å². The minimum atomic E-state index is -0.0731. The van der Waals surface area contributed by atoms with E-state index in [1.54, 1.807) is 0 Å². The second kappa shape index (κ2) is 5.64. The van der Waals surface area contributed by atoms with Crippen LogP contribution in [0.2, 0.25) is 0 Å². The quantitative estimate of drug-likeness (QED) is 0.433. The van der Waals surface area contributed by atoms with Gasteiger partial charge in [-0.05, 0) is 44.7 Å². The van der Waals surface area contributed by atoms with Crippen molar-refractivity contribution in [2.75, 3.05) is 13.1 Å². The van der Waals surface area contributed by atoms with Crippen LogP contribution in [0.1, 0.15) is 46.5 Å². The predicted octanol–water partition coefficient (Wildman–Crippen LogP) is 1.27. The molecule has 0 aromatic heterocycles. The van der Waals surface area contributed by atoms with Crippen LogP contribution < -0.4 is 11.3 Å². The fourth-order valence-electron chi connectivity index (χ4n) is 2.34. The molecule has 0 aromatic rings. The van der Waals surface area contributed by atoms with Crippen molar-refractivity contribution in [3.63, 3.8) is 0 Å². The molecule has 16 heavy (non-hydrogen) atoms. The molecule has 1 fully saturated rings. The van der Waals surface area contributed by atoms with Crippen molar-refractivity contribution < 1.29 is 4.79 Å². The highest BCUT2D eigenvalue weighted by Crippen LogP contribution is 2.30. The van der Waals surface area contributed by atoms with E-state index in [1.165, 1.54) is 19.3 Å². The zero-order valence-corrected chi connectivity index (χ0v) is 10.8. The lowest BCUT2D eigenvalue weighted by atomic mass is 9.85. The molecule has 1 unspecified atom stereocenters. The molecule has 4 heteroatoms. The van der Waals surface area contributed by atoms with Crippen molar-refractivity contribution in [1.82, 2.24) is 10.3 Å². The van der Waals surface area contributed by atoms with Gasteiger partial charge in [0, 0.05) is 12.5 Å². The third-order valence-electron chi connectivity index (χ3n) is 3.64. The molecule has 3 N–H and O–H groups in total. The fourth-order valence-corrected chi connectivity index (χ4v) is 2.34. The molecular weight excluding hydrogens is 202 g/mol. The molecule has 0 aliphatic carbocycles. The lowest BCUT2D eigenvalue weighted by Crippen LogP contribution is -2.40. The molecular formula is C12H25N3O. The van der Waals surface area contributed by atoms with Gasteiger partial charge in [-0.25, -0.2) is 5.84 Å². The molecule has 1 heterocycles. The molecule has 0 aromatic carbocycles. The van der Waals surface area contributed by atoms with Gasteiger partial charge in [0.1, 0.15) is 0 Å². The smallest absolute Gasteiger partial charge is 0.235 e. The Balaban J connectivity index is 2.45. The van der Waals surface area contributed by atoms with Crippen molar-refractivity contribution in [3.8, 4) is 0 Å². The van der Waals surface area contributed by atoms with Gasteiger partial charge in [0.25, 0.3) is 0 Å². The van der Waals surface area contributed by atoms with Gasteiger partial charge in [0.15, 0.2) is 0 Å². The van der Waals surface area contributed by atoms with E-state index in [0.29, 0.717) is 11.8 Å². The summed E-state index contributed by atoms with van der Waals surface area (Å²) in [6.07, 6.45) is 4.21. The number of nitrogens with zero attached hydrogens (tertiary/aromatic N) is 1. The van der Waals surface area contributed by atoms with E-state index in [2.05, 4.69) is 31.1 Å². The molecule has 1 saturated heterocycles. The summed E-state index contributed by atoms with van der Waals surface area (Å²) >= 11 is 0. The first kappa shape index (κ1) is 13.5. The summed E-state index contributed by atoms with van der Waals surface area (Å²) in [5.41, 5.74) is 2.65. The minimum absolute atomic E-state index is 0.0731. The first-order valence-corrected chi connectivity index (χ1v) is 6.18. The summed E-state index contributed by atoms with van der Waals surface area (Å²) in [6.45, 7) is 8.95. The van der Waals surface area contributed by atoms with Crippen LogP contribution in [0.25, 0.3) is 0 Å². The van der Waals surface area contributed by atoms with E-state index >= 15 is 0 Å². The van der Waals surface area contributed by atoms with E-state index < -0.39 is 0 Å². The zero-order valence-electron chi connectivity index (χ0n) is 10.8. The molecule has 0 spiro atoms. The highest BCUT2D eigenvalue weighted by atomic mass is 16.2. The van der Waals surface area contributed by atoms with Crippen molar-refractivity contribution in [3.05, 3.63) is 0 Å². The number of carbonyl (C=O) groups is 1. The number of rotatable bonds is 3. The summed E-state index contributed by atoms with van der Waals surface area (Å²) in [5, 5.41) is 0. The third kappa shape index (κ3) is 4.10. The number of amides is 1. The Morgan fingerprint density at radius 3 is 2.75 bits per heavy atom. The molecule has 1 atom stereocenters. The Bertz CT molecular complexity index is 240. The molecule has 94 valence electrons. The number of nitrogens with two attached hydrogens (primary N) is 1. The number of carbonyl (C=O) groups excluding carboxylic acids is 1. The second-order valence-corrected chi connectivity index (χ2v) is 5.67. The fraction of sp³-hybridized carbons (Fsp3) is 0.917. The van der Waals surface area contributed by atoms with E-state index in [-0.39, 0.29) is 11.9 Å². The van der Waals surface area contributed by atoms with Crippen LogP contribution in [0.3, 0.4) is 0 Å². The molecule has 0 radical (unpaired) electrons. The first-order chi connectivity index (χ1) is 7.44. The van der Waals surface area contributed by atoms with Crippen LogP contribution in [0.5, 0.6) is 0 Å². The lowest BCUT2D eigenvalue weighted by molar-refractivity contribution is -0.122. The third-order valence-corrected chi connectivity index (χ3v) is 3.64. The van der Waals surface area contributed by atoms with Gasteiger partial charge < -0.3 is 4.90 Å². The van der Waals surface area contributed by atoms with Gasteiger partial charge in [0.2, 0.25) is 5.91 Å². The summed E-state index contributed by atoms with van der Waals surface area (Å²) in [7, 11) is 0. The monoisotopic (exact) mass is 227 g/mol. The van der Waals surface area contributed by atoms with Gasteiger partial charge in [-0.1, -0.05) is 13.8 Å². The Labute approximate surface area is 98.5 Å². The molecule has 1 aliphatic rings. The Morgan fingerprint density at radius 2 is 2.12 bits per heavy atom. The van der Waals surface area contributed by atoms with Gasteiger partial charge in [-0.2, -0.15) is 0 Å². The largest absolute Gasteiger partial charge is 0.300 e. The minimum Gasteiger partial charge on any atom is -0.300 e. The number of hydrogen-bond donors (Lipinski definition) is 2. The lowest BCUT2D eigenvalue weighted by Gasteiger charge is -2.28. The molecule has 1 rings (SSSR count). The van der Waals surface area contributed by atoms with Gasteiger partial charge in [-0.3, -0.25) is 10.2 Å². The SMILES string of the molecule is CC(CC(=O)NN)N1CCCC(C)(C)CC1. The standard InChI is InChI=1S/C12H25N3O/c1-10(9-11(16)14-13)15-7-4-5-12(2,3)6-8-15/h10H,4-9,13H2,1-3H3,(H,14,16). The predicted molar refractivity (Wildman–Crippen MR) is 65.6 cm³/mol. The maximum Gasteiger partial charge on any atom is 0.235 e. The Kier molecular flexibility index (Phi) is 4.74. The summed E-state index contributed by atoms with van der Waals surface area (Å²) in [5.74, 6) is 5.03. The average molecular weight is 227 g/mol. The summed E-state index contributed by atoms with van der Waals surface area (Å²) in [4.78, 5) is 13.6. The van der Waals surface area contributed by atoms with E-state index in [0.717, 1.165) is 13.1 Å². The van der Waals surface area contributed by atoms with Crippen molar-refractivity contribution in [1.29, 1.82) is 0 Å². The van der Waals surface area contributed by atoms with Crippen LogP contribution in [-0.2, 0) is 4.79 Å². The summed E-state index contributed by atoms with van der Waals surface area (Å²) < 4.78 is 0. The van der Waals surface area contributed by atoms with Gasteiger partial charge in [-0.15, -0.1) is 0 Å². The van der Waals surface area contributed by atoms with E-state index in [9.17, 15) is 4.79 Å². The van der Waals surface area contributed by atoms with Crippen molar-refractivity contribution in [2.45, 2.75) is 52.5 Å². The number of likely N-dealkylation sites (tertiary alicyclic amines) is 1. The summed E-state index contributed by atoms with van der Waals surface area (Å²) in [6, 6.07) is 0.289. The molecule has 1 amide bonds. The molecule has 4 nitrogen and oxygen atoms in total. The van der Waals surface area contributed by atoms with Gasteiger partial charge >= 0.3 is 0 Å². The number of hydrogen-bond acceptors (Lipinski definition) is 3. The highest BCUT2D eigenvalue weighted by Gasteiger charge is 2.25. The normalized spacial score (nSPS) is 23.5. The molecule has 1 aliphatic heterocycles.